The number of ether oxygens (including phenoxy) is 3. The number of aryl methyl sites for hydroxylation is 1. The average Bonchev–Trinajstić information content (AvgIpc) is 2.72. The van der Waals surface area contributed by atoms with Gasteiger partial charge >= 0.3 is 0 Å². The minimum absolute atomic E-state index is 0.0803. The Balaban J connectivity index is 2.02. The molecule has 0 aromatic heterocycles. The molecule has 0 spiro atoms. The lowest BCUT2D eigenvalue weighted by Crippen LogP contribution is -2.48. The molecule has 0 aliphatic carbocycles. The first-order chi connectivity index (χ1) is 13.8. The third-order valence-electron chi connectivity index (χ3n) is 3.88. The molecule has 8 nitrogen and oxygen atoms in total. The molecule has 2 amide bonds. The van der Waals surface area contributed by atoms with Crippen molar-refractivity contribution in [2.24, 2.45) is 0 Å². The minimum atomic E-state index is -0.519. The first kappa shape index (κ1) is 22.4. The summed E-state index contributed by atoms with van der Waals surface area (Å²) in [5.74, 6) is 0.0937. The molecule has 0 unspecified atom stereocenters. The predicted molar refractivity (Wildman–Crippen MR) is 116 cm³/mol. The number of methoxy groups -OCH3 is 3. The summed E-state index contributed by atoms with van der Waals surface area (Å²) in [6, 6.07) is 8.14. The summed E-state index contributed by atoms with van der Waals surface area (Å²) in [7, 11) is 4.36. The number of hydrogen-bond donors (Lipinski definition) is 3. The van der Waals surface area contributed by atoms with Crippen LogP contribution in [0.15, 0.2) is 34.8 Å². The maximum atomic E-state index is 12.5. The van der Waals surface area contributed by atoms with E-state index in [0.717, 1.165) is 10.0 Å². The normalized spacial score (nSPS) is 9.97. The Bertz CT molecular complexity index is 926. The average molecular weight is 482 g/mol. The summed E-state index contributed by atoms with van der Waals surface area (Å²) < 4.78 is 16.5. The third-order valence-corrected chi connectivity index (χ3v) is 4.94. The van der Waals surface area contributed by atoms with E-state index in [1.807, 2.05) is 13.0 Å². The maximum absolute atomic E-state index is 12.5. The third kappa shape index (κ3) is 5.58. The van der Waals surface area contributed by atoms with Crippen molar-refractivity contribution >= 4 is 45.1 Å². The Morgan fingerprint density at radius 1 is 0.897 bits per heavy atom. The first-order valence-electron chi connectivity index (χ1n) is 8.28. The van der Waals surface area contributed by atoms with Crippen LogP contribution >= 0.6 is 28.1 Å². The van der Waals surface area contributed by atoms with Gasteiger partial charge in [0.1, 0.15) is 0 Å². The molecule has 0 fully saturated rings. The van der Waals surface area contributed by atoms with Crippen LogP contribution in [0.2, 0.25) is 0 Å². The first-order valence-corrected chi connectivity index (χ1v) is 9.48. The minimum Gasteiger partial charge on any atom is -0.493 e. The van der Waals surface area contributed by atoms with Gasteiger partial charge in [-0.1, -0.05) is 22.0 Å². The van der Waals surface area contributed by atoms with Crippen molar-refractivity contribution in [3.8, 4) is 17.2 Å². The number of carbonyl (C=O) groups is 2. The van der Waals surface area contributed by atoms with E-state index in [0.29, 0.717) is 22.8 Å². The Morgan fingerprint density at radius 2 is 1.52 bits per heavy atom. The van der Waals surface area contributed by atoms with Crippen LogP contribution < -0.4 is 30.4 Å². The number of hydrazine groups is 1. The summed E-state index contributed by atoms with van der Waals surface area (Å²) in [4.78, 5) is 24.7. The summed E-state index contributed by atoms with van der Waals surface area (Å²) in [5, 5.41) is 2.39. The molecule has 2 aromatic rings. The number of benzene rings is 2. The van der Waals surface area contributed by atoms with Crippen LogP contribution in [0.4, 0.5) is 0 Å². The smallest absolute Gasteiger partial charge is 0.269 e. The SMILES string of the molecule is COc1cc(C(=O)NC(=S)NNC(=O)c2ccc(C)c(Br)c2)cc(OC)c1OC. The van der Waals surface area contributed by atoms with Gasteiger partial charge in [-0.2, -0.15) is 0 Å². The van der Waals surface area contributed by atoms with E-state index in [-0.39, 0.29) is 10.7 Å². The molecule has 0 bridgehead atoms. The van der Waals surface area contributed by atoms with Crippen LogP contribution in [0.1, 0.15) is 26.3 Å². The van der Waals surface area contributed by atoms with Gasteiger partial charge in [0.25, 0.3) is 11.8 Å². The van der Waals surface area contributed by atoms with Crippen LogP contribution in [-0.2, 0) is 0 Å². The highest BCUT2D eigenvalue weighted by Crippen LogP contribution is 2.38. The zero-order valence-electron chi connectivity index (χ0n) is 16.2. The monoisotopic (exact) mass is 481 g/mol. The largest absolute Gasteiger partial charge is 0.493 e. The fourth-order valence-electron chi connectivity index (χ4n) is 2.34. The van der Waals surface area contributed by atoms with Gasteiger partial charge in [0.2, 0.25) is 5.75 Å². The number of nitrogens with one attached hydrogen (secondary N) is 3. The molecule has 0 aliphatic heterocycles. The molecule has 0 atom stereocenters. The molecule has 10 heteroatoms. The van der Waals surface area contributed by atoms with Crippen molar-refractivity contribution in [1.29, 1.82) is 0 Å². The van der Waals surface area contributed by atoms with Crippen LogP contribution in [0.3, 0.4) is 0 Å². The van der Waals surface area contributed by atoms with Crippen molar-refractivity contribution < 1.29 is 23.8 Å². The number of halogens is 1. The summed E-state index contributed by atoms with van der Waals surface area (Å²) in [6.07, 6.45) is 0. The topological polar surface area (TPSA) is 97.9 Å². The van der Waals surface area contributed by atoms with E-state index < -0.39 is 11.8 Å². The lowest BCUT2D eigenvalue weighted by atomic mass is 10.1. The summed E-state index contributed by atoms with van der Waals surface area (Å²) >= 11 is 8.44. The summed E-state index contributed by atoms with van der Waals surface area (Å²) in [6.45, 7) is 1.91. The van der Waals surface area contributed by atoms with Crippen LogP contribution in [0.5, 0.6) is 17.2 Å². The Kier molecular flexibility index (Phi) is 7.80. The number of rotatable bonds is 5. The number of carbonyl (C=O) groups excluding carboxylic acids is 2. The van der Waals surface area contributed by atoms with Gasteiger partial charge in [0.05, 0.1) is 21.3 Å². The molecular weight excluding hydrogens is 462 g/mol. The molecule has 2 rings (SSSR count). The van der Waals surface area contributed by atoms with Gasteiger partial charge in [-0.05, 0) is 49.0 Å². The van der Waals surface area contributed by atoms with Gasteiger partial charge in [-0.15, -0.1) is 0 Å². The van der Waals surface area contributed by atoms with Gasteiger partial charge in [-0.25, -0.2) is 0 Å². The zero-order chi connectivity index (χ0) is 21.6. The van der Waals surface area contributed by atoms with Crippen molar-refractivity contribution in [3.63, 3.8) is 0 Å². The Hall–Kier alpha value is -2.85. The van der Waals surface area contributed by atoms with E-state index in [1.165, 1.54) is 33.5 Å². The molecule has 29 heavy (non-hydrogen) atoms. The highest BCUT2D eigenvalue weighted by atomic mass is 79.9. The Morgan fingerprint density at radius 3 is 2.03 bits per heavy atom. The molecule has 0 heterocycles. The van der Waals surface area contributed by atoms with Crippen LogP contribution in [0.25, 0.3) is 0 Å². The molecule has 0 radical (unpaired) electrons. The van der Waals surface area contributed by atoms with E-state index in [9.17, 15) is 9.59 Å². The lowest BCUT2D eigenvalue weighted by Gasteiger charge is -2.15. The summed E-state index contributed by atoms with van der Waals surface area (Å²) in [5.41, 5.74) is 6.58. The molecule has 2 aromatic carbocycles. The van der Waals surface area contributed by atoms with E-state index in [2.05, 4.69) is 32.1 Å². The fourth-order valence-corrected chi connectivity index (χ4v) is 2.86. The molecule has 0 aliphatic rings. The predicted octanol–water partition coefficient (Wildman–Crippen LogP) is 2.73. The quantitative estimate of drug-likeness (QED) is 0.446. The van der Waals surface area contributed by atoms with Crippen LogP contribution in [-0.4, -0.2) is 38.3 Å². The van der Waals surface area contributed by atoms with Crippen molar-refractivity contribution in [2.45, 2.75) is 6.92 Å². The molecular formula is C19H20BrN3O5S. The van der Waals surface area contributed by atoms with E-state index >= 15 is 0 Å². The second-order valence-electron chi connectivity index (χ2n) is 5.74. The second-order valence-corrected chi connectivity index (χ2v) is 7.00. The molecule has 0 saturated heterocycles. The zero-order valence-corrected chi connectivity index (χ0v) is 18.6. The highest BCUT2D eigenvalue weighted by molar-refractivity contribution is 9.10. The number of hydrogen-bond acceptors (Lipinski definition) is 6. The van der Waals surface area contributed by atoms with E-state index in [1.54, 1.807) is 12.1 Å². The molecule has 0 saturated carbocycles. The number of amides is 2. The molecule has 3 N–H and O–H groups in total. The number of thiocarbonyl (C=S) groups is 1. The lowest BCUT2D eigenvalue weighted by molar-refractivity contribution is 0.0934. The van der Waals surface area contributed by atoms with Gasteiger partial charge < -0.3 is 14.2 Å². The van der Waals surface area contributed by atoms with Crippen molar-refractivity contribution in [1.82, 2.24) is 16.2 Å². The van der Waals surface area contributed by atoms with Crippen LogP contribution in [0, 0.1) is 6.92 Å². The van der Waals surface area contributed by atoms with Gasteiger partial charge in [-0.3, -0.25) is 25.8 Å². The highest BCUT2D eigenvalue weighted by Gasteiger charge is 2.18. The fraction of sp³-hybridized carbons (Fsp3) is 0.211. The van der Waals surface area contributed by atoms with E-state index in [4.69, 9.17) is 26.4 Å². The molecule has 154 valence electrons. The maximum Gasteiger partial charge on any atom is 0.269 e. The van der Waals surface area contributed by atoms with Crippen molar-refractivity contribution in [2.75, 3.05) is 21.3 Å². The standard InChI is InChI=1S/C19H20BrN3O5S/c1-10-5-6-11(7-13(10)20)18(25)22-23-19(29)21-17(24)12-8-14(26-2)16(28-4)15(9-12)27-3/h5-9H,1-4H3,(H,22,25)(H2,21,23,24,29). The Labute approximate surface area is 182 Å². The van der Waals surface area contributed by atoms with Gasteiger partial charge in [0, 0.05) is 15.6 Å². The van der Waals surface area contributed by atoms with Gasteiger partial charge in [0.15, 0.2) is 16.6 Å². The second kappa shape index (κ2) is 10.1. The van der Waals surface area contributed by atoms with Crippen molar-refractivity contribution in [3.05, 3.63) is 51.5 Å².